The number of halogens is 1. The van der Waals surface area contributed by atoms with Gasteiger partial charge in [0, 0.05) is 23.9 Å². The van der Waals surface area contributed by atoms with Crippen LogP contribution in [0.15, 0.2) is 24.4 Å². The van der Waals surface area contributed by atoms with Crippen molar-refractivity contribution in [2.45, 2.75) is 20.1 Å². The maximum Gasteiger partial charge on any atom is 0.214 e. The van der Waals surface area contributed by atoms with Gasteiger partial charge in [0.25, 0.3) is 0 Å². The Balaban J connectivity index is 2.21. The molecule has 0 spiro atoms. The van der Waals surface area contributed by atoms with Crippen molar-refractivity contribution in [1.29, 1.82) is 0 Å². The second kappa shape index (κ2) is 5.62. The van der Waals surface area contributed by atoms with Crippen LogP contribution in [-0.4, -0.2) is 20.2 Å². The fourth-order valence-electron chi connectivity index (χ4n) is 1.70. The monoisotopic (exact) mass is 263 g/mol. The second-order valence-corrected chi connectivity index (χ2v) is 4.05. The highest BCUT2D eigenvalue weighted by Gasteiger charge is 2.11. The highest BCUT2D eigenvalue weighted by Crippen LogP contribution is 2.24. The molecule has 19 heavy (non-hydrogen) atoms. The summed E-state index contributed by atoms with van der Waals surface area (Å²) in [7, 11) is 0. The number of aromatic nitrogens is 2. The SMILES string of the molecule is Cc1ncc(CO)c(CNc2cccc(F)n2)c1O. The van der Waals surface area contributed by atoms with E-state index in [-0.39, 0.29) is 18.9 Å². The summed E-state index contributed by atoms with van der Waals surface area (Å²) in [5.74, 6) is -0.198. The summed E-state index contributed by atoms with van der Waals surface area (Å²) < 4.78 is 12.9. The average Bonchev–Trinajstić information content (AvgIpc) is 2.40. The third kappa shape index (κ3) is 2.97. The van der Waals surface area contributed by atoms with Crippen molar-refractivity contribution >= 4 is 5.82 Å². The molecule has 2 aromatic heterocycles. The number of nitrogens with one attached hydrogen (secondary N) is 1. The molecule has 0 aliphatic rings. The van der Waals surface area contributed by atoms with E-state index in [1.807, 2.05) is 0 Å². The predicted octanol–water partition coefficient (Wildman–Crippen LogP) is 1.73. The molecule has 0 atom stereocenters. The van der Waals surface area contributed by atoms with Gasteiger partial charge >= 0.3 is 0 Å². The van der Waals surface area contributed by atoms with Crippen LogP contribution in [0.1, 0.15) is 16.8 Å². The van der Waals surface area contributed by atoms with E-state index in [0.717, 1.165) is 0 Å². The lowest BCUT2D eigenvalue weighted by molar-refractivity contribution is 0.279. The zero-order valence-corrected chi connectivity index (χ0v) is 10.4. The van der Waals surface area contributed by atoms with Gasteiger partial charge in [-0.05, 0) is 19.1 Å². The highest BCUT2D eigenvalue weighted by molar-refractivity contribution is 5.44. The Morgan fingerprint density at radius 1 is 1.37 bits per heavy atom. The molecule has 0 amide bonds. The van der Waals surface area contributed by atoms with E-state index < -0.39 is 5.95 Å². The Morgan fingerprint density at radius 2 is 2.16 bits per heavy atom. The van der Waals surface area contributed by atoms with Crippen LogP contribution >= 0.6 is 0 Å². The summed E-state index contributed by atoms with van der Waals surface area (Å²) in [5, 5.41) is 22.0. The molecule has 0 saturated heterocycles. The number of anilines is 1. The van der Waals surface area contributed by atoms with Crippen molar-refractivity contribution in [2.24, 2.45) is 0 Å². The molecule has 0 fully saturated rings. The van der Waals surface area contributed by atoms with Gasteiger partial charge in [-0.25, -0.2) is 4.98 Å². The smallest absolute Gasteiger partial charge is 0.214 e. The molecule has 5 nitrogen and oxygen atoms in total. The molecule has 2 heterocycles. The lowest BCUT2D eigenvalue weighted by Crippen LogP contribution is -2.07. The van der Waals surface area contributed by atoms with Crippen LogP contribution in [0.5, 0.6) is 5.75 Å². The van der Waals surface area contributed by atoms with Crippen molar-refractivity contribution in [2.75, 3.05) is 5.32 Å². The molecule has 3 N–H and O–H groups in total. The number of nitrogens with zero attached hydrogens (tertiary/aromatic N) is 2. The van der Waals surface area contributed by atoms with Crippen molar-refractivity contribution < 1.29 is 14.6 Å². The molecular weight excluding hydrogens is 249 g/mol. The molecule has 6 heteroatoms. The summed E-state index contributed by atoms with van der Waals surface area (Å²) in [6.07, 6.45) is 1.51. The summed E-state index contributed by atoms with van der Waals surface area (Å²) in [6, 6.07) is 4.40. The molecule has 0 bridgehead atoms. The number of pyridine rings is 2. The van der Waals surface area contributed by atoms with E-state index in [9.17, 15) is 14.6 Å². The maximum absolute atomic E-state index is 12.9. The topological polar surface area (TPSA) is 78.3 Å². The van der Waals surface area contributed by atoms with E-state index in [2.05, 4.69) is 15.3 Å². The molecule has 2 aromatic rings. The average molecular weight is 263 g/mol. The minimum absolute atomic E-state index is 0.0236. The van der Waals surface area contributed by atoms with Gasteiger partial charge in [0.2, 0.25) is 5.95 Å². The maximum atomic E-state index is 12.9. The second-order valence-electron chi connectivity index (χ2n) is 4.05. The van der Waals surface area contributed by atoms with Gasteiger partial charge < -0.3 is 15.5 Å². The van der Waals surface area contributed by atoms with E-state index >= 15 is 0 Å². The predicted molar refractivity (Wildman–Crippen MR) is 68.1 cm³/mol. The Labute approximate surface area is 109 Å². The van der Waals surface area contributed by atoms with Crippen LogP contribution in [0.25, 0.3) is 0 Å². The Kier molecular flexibility index (Phi) is 3.91. The van der Waals surface area contributed by atoms with Crippen molar-refractivity contribution in [1.82, 2.24) is 9.97 Å². The molecule has 0 saturated carbocycles. The first-order chi connectivity index (χ1) is 9.11. The fraction of sp³-hybridized carbons (Fsp3) is 0.231. The number of hydrogen-bond acceptors (Lipinski definition) is 5. The third-order valence-corrected chi connectivity index (χ3v) is 2.76. The largest absolute Gasteiger partial charge is 0.506 e. The first-order valence-corrected chi connectivity index (χ1v) is 5.75. The van der Waals surface area contributed by atoms with Crippen LogP contribution in [0.2, 0.25) is 0 Å². The number of aliphatic hydroxyl groups excluding tert-OH is 1. The van der Waals surface area contributed by atoms with Crippen LogP contribution < -0.4 is 5.32 Å². The molecule has 0 unspecified atom stereocenters. The summed E-state index contributed by atoms with van der Waals surface area (Å²) >= 11 is 0. The minimum Gasteiger partial charge on any atom is -0.506 e. The van der Waals surface area contributed by atoms with Crippen molar-refractivity contribution in [3.63, 3.8) is 0 Å². The Morgan fingerprint density at radius 3 is 2.84 bits per heavy atom. The first-order valence-electron chi connectivity index (χ1n) is 5.75. The van der Waals surface area contributed by atoms with Crippen molar-refractivity contribution in [3.8, 4) is 5.75 Å². The quantitative estimate of drug-likeness (QED) is 0.732. The van der Waals surface area contributed by atoms with Gasteiger partial charge in [-0.2, -0.15) is 4.39 Å². The Hall–Kier alpha value is -2.21. The molecule has 0 aliphatic carbocycles. The van der Waals surface area contributed by atoms with Crippen LogP contribution in [0.4, 0.5) is 10.2 Å². The van der Waals surface area contributed by atoms with Crippen molar-refractivity contribution in [3.05, 3.63) is 47.2 Å². The van der Waals surface area contributed by atoms with Gasteiger partial charge in [-0.1, -0.05) is 6.07 Å². The van der Waals surface area contributed by atoms with Crippen LogP contribution in [-0.2, 0) is 13.2 Å². The molecule has 0 aromatic carbocycles. The summed E-state index contributed by atoms with van der Waals surface area (Å²) in [4.78, 5) is 7.62. The first kappa shape index (κ1) is 13.2. The van der Waals surface area contributed by atoms with Crippen LogP contribution in [0, 0.1) is 12.9 Å². The molecule has 0 radical (unpaired) electrons. The lowest BCUT2D eigenvalue weighted by Gasteiger charge is -2.12. The number of hydrogen-bond donors (Lipinski definition) is 3. The van der Waals surface area contributed by atoms with Gasteiger partial charge in [-0.15, -0.1) is 0 Å². The lowest BCUT2D eigenvalue weighted by atomic mass is 10.1. The molecule has 0 aliphatic heterocycles. The fourth-order valence-corrected chi connectivity index (χ4v) is 1.70. The molecule has 2 rings (SSSR count). The van der Waals surface area contributed by atoms with E-state index in [4.69, 9.17) is 0 Å². The number of aryl methyl sites for hydroxylation is 1. The summed E-state index contributed by atoms with van der Waals surface area (Å²) in [6.45, 7) is 1.66. The standard InChI is InChI=1S/C13H14FN3O2/c1-8-13(19)10(9(7-18)5-15-8)6-16-12-4-2-3-11(14)17-12/h2-5,18-19H,6-7H2,1H3,(H,16,17). The van der Waals surface area contributed by atoms with Gasteiger partial charge in [0.05, 0.1) is 12.3 Å². The zero-order chi connectivity index (χ0) is 13.8. The number of aliphatic hydroxyl groups is 1. The number of rotatable bonds is 4. The number of aromatic hydroxyl groups is 1. The Bertz CT molecular complexity index is 590. The van der Waals surface area contributed by atoms with Gasteiger partial charge in [0.15, 0.2) is 0 Å². The molecule has 100 valence electrons. The third-order valence-electron chi connectivity index (χ3n) is 2.76. The molecular formula is C13H14FN3O2. The highest BCUT2D eigenvalue weighted by atomic mass is 19.1. The zero-order valence-electron chi connectivity index (χ0n) is 10.4. The van der Waals surface area contributed by atoms with Gasteiger partial charge in [-0.3, -0.25) is 4.98 Å². The van der Waals surface area contributed by atoms with E-state index in [0.29, 0.717) is 22.6 Å². The van der Waals surface area contributed by atoms with Gasteiger partial charge in [0.1, 0.15) is 11.6 Å². The van der Waals surface area contributed by atoms with Crippen LogP contribution in [0.3, 0.4) is 0 Å². The summed E-state index contributed by atoms with van der Waals surface area (Å²) in [5.41, 5.74) is 1.52. The van der Waals surface area contributed by atoms with E-state index in [1.54, 1.807) is 13.0 Å². The van der Waals surface area contributed by atoms with E-state index in [1.165, 1.54) is 18.3 Å². The minimum atomic E-state index is -0.581. The normalized spacial score (nSPS) is 10.5.